The standard InChI is InChI=1S/C21H27N3O3/c1-4-27-18-9-7-16(8-10-18)19(24(2)3)15-23-21(26)12-11-20(25)17-6-5-13-22-14-17/h5-10,13-14,19H,4,11-12,15H2,1-3H3,(H,23,26). The van der Waals surface area contributed by atoms with E-state index in [1.807, 2.05) is 45.3 Å². The molecule has 2 aromatic rings. The molecule has 0 fully saturated rings. The molecule has 2 rings (SSSR count). The van der Waals surface area contributed by atoms with Gasteiger partial charge in [0, 0.05) is 37.3 Å². The molecule has 0 bridgehead atoms. The molecular weight excluding hydrogens is 342 g/mol. The monoisotopic (exact) mass is 369 g/mol. The van der Waals surface area contributed by atoms with Crippen LogP contribution in [0.3, 0.4) is 0 Å². The molecule has 0 saturated heterocycles. The molecule has 0 aliphatic carbocycles. The highest BCUT2D eigenvalue weighted by molar-refractivity contribution is 5.97. The molecule has 6 heteroatoms. The quantitative estimate of drug-likeness (QED) is 0.652. The Balaban J connectivity index is 1.86. The smallest absolute Gasteiger partial charge is 0.220 e. The number of rotatable bonds is 10. The number of nitrogens with zero attached hydrogens (tertiary/aromatic N) is 2. The van der Waals surface area contributed by atoms with E-state index in [9.17, 15) is 9.59 Å². The lowest BCUT2D eigenvalue weighted by Gasteiger charge is -2.25. The third-order valence-corrected chi connectivity index (χ3v) is 4.25. The molecule has 1 aromatic carbocycles. The van der Waals surface area contributed by atoms with Gasteiger partial charge in [0.1, 0.15) is 5.75 Å². The Morgan fingerprint density at radius 2 is 1.89 bits per heavy atom. The van der Waals surface area contributed by atoms with Crippen molar-refractivity contribution in [1.29, 1.82) is 0 Å². The van der Waals surface area contributed by atoms with Gasteiger partial charge in [0.25, 0.3) is 0 Å². The number of Topliss-reactive ketones (excluding diaryl/α,β-unsaturated/α-hetero) is 1. The van der Waals surface area contributed by atoms with Crippen LogP contribution in [0.5, 0.6) is 5.75 Å². The second kappa shape index (κ2) is 10.4. The van der Waals surface area contributed by atoms with Gasteiger partial charge >= 0.3 is 0 Å². The summed E-state index contributed by atoms with van der Waals surface area (Å²) >= 11 is 0. The largest absolute Gasteiger partial charge is 0.494 e. The predicted octanol–water partition coefficient (Wildman–Crippen LogP) is 2.86. The van der Waals surface area contributed by atoms with Gasteiger partial charge in [-0.2, -0.15) is 0 Å². The number of likely N-dealkylation sites (N-methyl/N-ethyl adjacent to an activating group) is 1. The number of hydrogen-bond donors (Lipinski definition) is 1. The van der Waals surface area contributed by atoms with Gasteiger partial charge in [-0.1, -0.05) is 12.1 Å². The van der Waals surface area contributed by atoms with E-state index in [1.165, 1.54) is 6.20 Å². The number of hydrogen-bond acceptors (Lipinski definition) is 5. The van der Waals surface area contributed by atoms with Crippen LogP contribution in [0.1, 0.15) is 41.7 Å². The van der Waals surface area contributed by atoms with Crippen LogP contribution in [-0.4, -0.2) is 48.8 Å². The number of carbonyl (C=O) groups is 2. The minimum absolute atomic E-state index is 0.0404. The fourth-order valence-corrected chi connectivity index (χ4v) is 2.75. The van der Waals surface area contributed by atoms with Gasteiger partial charge in [0.15, 0.2) is 5.78 Å². The second-order valence-corrected chi connectivity index (χ2v) is 6.45. The predicted molar refractivity (Wildman–Crippen MR) is 105 cm³/mol. The lowest BCUT2D eigenvalue weighted by Crippen LogP contribution is -2.34. The zero-order chi connectivity index (χ0) is 19.6. The Bertz CT molecular complexity index is 730. The molecule has 0 aliphatic rings. The SMILES string of the molecule is CCOc1ccc(C(CNC(=O)CCC(=O)c2cccnc2)N(C)C)cc1. The van der Waals surface area contributed by atoms with E-state index in [0.29, 0.717) is 18.7 Å². The third kappa shape index (κ3) is 6.49. The summed E-state index contributed by atoms with van der Waals surface area (Å²) in [7, 11) is 3.94. The summed E-state index contributed by atoms with van der Waals surface area (Å²) in [4.78, 5) is 30.2. The van der Waals surface area contributed by atoms with Gasteiger partial charge in [0.05, 0.1) is 12.6 Å². The third-order valence-electron chi connectivity index (χ3n) is 4.25. The lowest BCUT2D eigenvalue weighted by atomic mass is 10.1. The zero-order valence-corrected chi connectivity index (χ0v) is 16.1. The van der Waals surface area contributed by atoms with Crippen LogP contribution in [-0.2, 0) is 4.79 Å². The van der Waals surface area contributed by atoms with E-state index < -0.39 is 0 Å². The number of ketones is 1. The molecule has 1 atom stereocenters. The van der Waals surface area contributed by atoms with Crippen molar-refractivity contribution in [2.75, 3.05) is 27.2 Å². The average Bonchev–Trinajstić information content (AvgIpc) is 2.68. The van der Waals surface area contributed by atoms with E-state index in [-0.39, 0.29) is 30.6 Å². The lowest BCUT2D eigenvalue weighted by molar-refractivity contribution is -0.121. The minimum atomic E-state index is -0.134. The maximum Gasteiger partial charge on any atom is 0.220 e. The van der Waals surface area contributed by atoms with Crippen molar-refractivity contribution in [3.63, 3.8) is 0 Å². The highest BCUT2D eigenvalue weighted by Gasteiger charge is 2.16. The maximum absolute atomic E-state index is 12.2. The number of aromatic nitrogens is 1. The maximum atomic E-state index is 12.2. The van der Waals surface area contributed by atoms with E-state index in [1.54, 1.807) is 18.3 Å². The normalized spacial score (nSPS) is 11.9. The van der Waals surface area contributed by atoms with Crippen molar-refractivity contribution in [1.82, 2.24) is 15.2 Å². The molecule has 1 unspecified atom stereocenters. The molecule has 27 heavy (non-hydrogen) atoms. The van der Waals surface area contributed by atoms with Crippen molar-refractivity contribution in [3.8, 4) is 5.75 Å². The Hall–Kier alpha value is -2.73. The summed E-state index contributed by atoms with van der Waals surface area (Å²) < 4.78 is 5.47. The summed E-state index contributed by atoms with van der Waals surface area (Å²) in [6.07, 6.45) is 3.48. The molecule has 0 saturated carbocycles. The molecule has 1 heterocycles. The van der Waals surface area contributed by atoms with Crippen LogP contribution in [0.4, 0.5) is 0 Å². The summed E-state index contributed by atoms with van der Waals surface area (Å²) in [5, 5.41) is 2.93. The van der Waals surface area contributed by atoms with Crippen molar-refractivity contribution in [3.05, 3.63) is 59.9 Å². The fraction of sp³-hybridized carbons (Fsp3) is 0.381. The van der Waals surface area contributed by atoms with Gasteiger partial charge in [-0.05, 0) is 50.8 Å². The van der Waals surface area contributed by atoms with Crippen molar-refractivity contribution in [2.24, 2.45) is 0 Å². The van der Waals surface area contributed by atoms with Crippen molar-refractivity contribution < 1.29 is 14.3 Å². The van der Waals surface area contributed by atoms with E-state index in [4.69, 9.17) is 4.74 Å². The summed E-state index contributed by atoms with van der Waals surface area (Å²) in [5.74, 6) is 0.621. The first-order valence-corrected chi connectivity index (χ1v) is 9.10. The first kappa shape index (κ1) is 20.6. The minimum Gasteiger partial charge on any atom is -0.494 e. The molecule has 6 nitrogen and oxygen atoms in total. The van der Waals surface area contributed by atoms with Gasteiger partial charge in [-0.15, -0.1) is 0 Å². The zero-order valence-electron chi connectivity index (χ0n) is 16.1. The number of ether oxygens (including phenoxy) is 1. The number of amides is 1. The summed E-state index contributed by atoms with van der Waals surface area (Å²) in [5.41, 5.74) is 1.63. The van der Waals surface area contributed by atoms with Crippen LogP contribution in [0.15, 0.2) is 48.8 Å². The highest BCUT2D eigenvalue weighted by atomic mass is 16.5. The Kier molecular flexibility index (Phi) is 7.95. The van der Waals surface area contributed by atoms with E-state index >= 15 is 0 Å². The first-order valence-electron chi connectivity index (χ1n) is 9.10. The number of nitrogens with one attached hydrogen (secondary N) is 1. The van der Waals surface area contributed by atoms with Crippen molar-refractivity contribution in [2.45, 2.75) is 25.8 Å². The number of pyridine rings is 1. The molecular formula is C21H27N3O3. The summed E-state index contributed by atoms with van der Waals surface area (Å²) in [6, 6.07) is 11.3. The average molecular weight is 369 g/mol. The molecule has 1 amide bonds. The van der Waals surface area contributed by atoms with Gasteiger partial charge < -0.3 is 15.0 Å². The molecule has 0 aliphatic heterocycles. The van der Waals surface area contributed by atoms with E-state index in [2.05, 4.69) is 15.2 Å². The van der Waals surface area contributed by atoms with Gasteiger partial charge in [-0.25, -0.2) is 0 Å². The second-order valence-electron chi connectivity index (χ2n) is 6.45. The molecule has 1 N–H and O–H groups in total. The number of benzene rings is 1. The number of carbonyl (C=O) groups excluding carboxylic acids is 2. The first-order chi connectivity index (χ1) is 13.0. The molecule has 0 spiro atoms. The highest BCUT2D eigenvalue weighted by Crippen LogP contribution is 2.21. The Morgan fingerprint density at radius 1 is 1.15 bits per heavy atom. The van der Waals surface area contributed by atoms with Gasteiger partial charge in [-0.3, -0.25) is 14.6 Å². The topological polar surface area (TPSA) is 71.5 Å². The van der Waals surface area contributed by atoms with Crippen LogP contribution in [0.25, 0.3) is 0 Å². The van der Waals surface area contributed by atoms with Crippen LogP contribution < -0.4 is 10.1 Å². The Morgan fingerprint density at radius 3 is 2.48 bits per heavy atom. The summed E-state index contributed by atoms with van der Waals surface area (Å²) in [6.45, 7) is 3.05. The van der Waals surface area contributed by atoms with Crippen LogP contribution >= 0.6 is 0 Å². The molecule has 1 aromatic heterocycles. The van der Waals surface area contributed by atoms with E-state index in [0.717, 1.165) is 11.3 Å². The molecule has 0 radical (unpaired) electrons. The van der Waals surface area contributed by atoms with Crippen molar-refractivity contribution >= 4 is 11.7 Å². The van der Waals surface area contributed by atoms with Crippen LogP contribution in [0.2, 0.25) is 0 Å². The molecule has 144 valence electrons. The fourth-order valence-electron chi connectivity index (χ4n) is 2.75. The van der Waals surface area contributed by atoms with Gasteiger partial charge in [0.2, 0.25) is 5.91 Å². The Labute approximate surface area is 160 Å². The van der Waals surface area contributed by atoms with Crippen LogP contribution in [0, 0.1) is 0 Å².